The number of amides is 1. The van der Waals surface area contributed by atoms with E-state index in [0.29, 0.717) is 43.2 Å². The van der Waals surface area contributed by atoms with E-state index in [0.717, 1.165) is 28.1 Å². The van der Waals surface area contributed by atoms with Crippen LogP contribution in [0.2, 0.25) is 0 Å². The van der Waals surface area contributed by atoms with E-state index < -0.39 is 11.9 Å². The number of nitrogens with zero attached hydrogens (tertiary/aromatic N) is 2. The van der Waals surface area contributed by atoms with Crippen molar-refractivity contribution in [3.63, 3.8) is 0 Å². The van der Waals surface area contributed by atoms with Crippen molar-refractivity contribution in [1.82, 2.24) is 4.90 Å². The van der Waals surface area contributed by atoms with Crippen LogP contribution in [0.3, 0.4) is 0 Å². The van der Waals surface area contributed by atoms with Gasteiger partial charge in [0.2, 0.25) is 0 Å². The maximum absolute atomic E-state index is 14.1. The van der Waals surface area contributed by atoms with Crippen molar-refractivity contribution in [2.24, 2.45) is 0 Å². The van der Waals surface area contributed by atoms with Gasteiger partial charge < -0.3 is 24.0 Å². The Morgan fingerprint density at radius 2 is 1.16 bits per heavy atom. The smallest absolute Gasteiger partial charge is 0.308 e. The highest BCUT2D eigenvalue weighted by Crippen LogP contribution is 2.36. The molecule has 4 aromatic rings. The molecule has 0 radical (unpaired) electrons. The van der Waals surface area contributed by atoms with Crippen LogP contribution in [-0.2, 0) is 9.59 Å². The maximum atomic E-state index is 14.1. The number of benzene rings is 4. The van der Waals surface area contributed by atoms with Crippen molar-refractivity contribution in [3.05, 3.63) is 119 Å². The summed E-state index contributed by atoms with van der Waals surface area (Å²) in [6, 6.07) is 30.2. The minimum atomic E-state index is -0.396. The lowest BCUT2D eigenvalue weighted by Crippen LogP contribution is -2.49. The zero-order valence-corrected chi connectivity index (χ0v) is 24.5. The van der Waals surface area contributed by atoms with Crippen LogP contribution in [0.5, 0.6) is 17.2 Å². The molecule has 0 unspecified atom stereocenters. The minimum Gasteiger partial charge on any atom is -0.495 e. The molecular formula is C35H34N2O6. The van der Waals surface area contributed by atoms with Gasteiger partial charge in [0.05, 0.1) is 12.8 Å². The summed E-state index contributed by atoms with van der Waals surface area (Å²) in [6.45, 7) is 5.24. The number of anilines is 1. The number of rotatable bonds is 8. The predicted octanol–water partition coefficient (Wildman–Crippen LogP) is 5.69. The molecule has 0 aromatic heterocycles. The number of carbonyl (C=O) groups excluding carboxylic acids is 3. The number of carbonyl (C=O) groups is 3. The molecule has 220 valence electrons. The highest BCUT2D eigenvalue weighted by molar-refractivity contribution is 5.96. The van der Waals surface area contributed by atoms with Gasteiger partial charge >= 0.3 is 11.9 Å². The fourth-order valence-electron chi connectivity index (χ4n) is 5.50. The van der Waals surface area contributed by atoms with Gasteiger partial charge in [0.15, 0.2) is 0 Å². The normalized spacial score (nSPS) is 13.0. The molecule has 0 N–H and O–H groups in total. The SMILES string of the molecule is COc1ccccc1N1CCN(C(=O)c2ccccc2C(c2ccc(OC(C)=O)cc2)c2ccc(OC(C)=O)cc2)CC1. The van der Waals surface area contributed by atoms with E-state index >= 15 is 0 Å². The zero-order chi connectivity index (χ0) is 30.3. The average molecular weight is 579 g/mol. The first kappa shape index (κ1) is 29.4. The van der Waals surface area contributed by atoms with Crippen molar-refractivity contribution in [1.29, 1.82) is 0 Å². The van der Waals surface area contributed by atoms with Crippen molar-refractivity contribution >= 4 is 23.5 Å². The number of ether oxygens (including phenoxy) is 3. The second-order valence-corrected chi connectivity index (χ2v) is 10.3. The fraction of sp³-hybridized carbons (Fsp3) is 0.229. The standard InChI is InChI=1S/C35H34N2O6/c1-24(38)42-28-16-12-26(13-17-28)34(27-14-18-29(19-15-27)43-25(2)39)30-8-4-5-9-31(30)35(40)37-22-20-36(21-23-37)32-10-6-7-11-33(32)41-3/h4-19,34H,20-23H2,1-3H3. The molecule has 0 aliphatic carbocycles. The van der Waals surface area contributed by atoms with Gasteiger partial charge in [0.1, 0.15) is 17.2 Å². The molecule has 1 aliphatic heterocycles. The van der Waals surface area contributed by atoms with E-state index in [9.17, 15) is 14.4 Å². The predicted molar refractivity (Wildman–Crippen MR) is 164 cm³/mol. The molecule has 0 spiro atoms. The molecular weight excluding hydrogens is 544 g/mol. The van der Waals surface area contributed by atoms with Crippen LogP contribution in [0.1, 0.15) is 46.8 Å². The second kappa shape index (κ2) is 13.2. The van der Waals surface area contributed by atoms with Crippen LogP contribution in [0.25, 0.3) is 0 Å². The zero-order valence-electron chi connectivity index (χ0n) is 24.5. The molecule has 1 heterocycles. The molecule has 5 rings (SSSR count). The fourth-order valence-corrected chi connectivity index (χ4v) is 5.50. The van der Waals surface area contributed by atoms with Crippen LogP contribution >= 0.6 is 0 Å². The summed E-state index contributed by atoms with van der Waals surface area (Å²) in [6.07, 6.45) is 0. The summed E-state index contributed by atoms with van der Waals surface area (Å²) in [5.41, 5.74) is 4.31. The lowest BCUT2D eigenvalue weighted by Gasteiger charge is -2.37. The van der Waals surface area contributed by atoms with Crippen LogP contribution in [0.4, 0.5) is 5.69 Å². The highest BCUT2D eigenvalue weighted by Gasteiger charge is 2.28. The maximum Gasteiger partial charge on any atom is 0.308 e. The molecule has 0 saturated carbocycles. The summed E-state index contributed by atoms with van der Waals surface area (Å²) >= 11 is 0. The molecule has 43 heavy (non-hydrogen) atoms. The first-order chi connectivity index (χ1) is 20.8. The molecule has 1 saturated heterocycles. The monoisotopic (exact) mass is 578 g/mol. The number of methoxy groups -OCH3 is 1. The molecule has 8 nitrogen and oxygen atoms in total. The molecule has 1 fully saturated rings. The van der Waals surface area contributed by atoms with E-state index in [-0.39, 0.29) is 11.8 Å². The number of para-hydroxylation sites is 2. The lowest BCUT2D eigenvalue weighted by atomic mass is 9.82. The van der Waals surface area contributed by atoms with E-state index in [1.54, 1.807) is 31.4 Å². The summed E-state index contributed by atoms with van der Waals surface area (Å²) in [5.74, 6) is 0.560. The Balaban J connectivity index is 1.46. The number of hydrogen-bond acceptors (Lipinski definition) is 7. The number of hydrogen-bond donors (Lipinski definition) is 0. The van der Waals surface area contributed by atoms with Crippen LogP contribution < -0.4 is 19.1 Å². The van der Waals surface area contributed by atoms with Crippen molar-refractivity contribution < 1.29 is 28.6 Å². The lowest BCUT2D eigenvalue weighted by molar-refractivity contribution is -0.132. The van der Waals surface area contributed by atoms with Gasteiger partial charge in [-0.1, -0.05) is 54.6 Å². The Morgan fingerprint density at radius 1 is 0.651 bits per heavy atom. The molecule has 1 amide bonds. The van der Waals surface area contributed by atoms with E-state index in [1.807, 2.05) is 77.7 Å². The molecule has 4 aromatic carbocycles. The third-order valence-electron chi connectivity index (χ3n) is 7.44. The van der Waals surface area contributed by atoms with E-state index in [2.05, 4.69) is 4.90 Å². The van der Waals surface area contributed by atoms with Crippen LogP contribution in [0, 0.1) is 0 Å². The van der Waals surface area contributed by atoms with Gasteiger partial charge in [-0.2, -0.15) is 0 Å². The van der Waals surface area contributed by atoms with E-state index in [1.165, 1.54) is 13.8 Å². The van der Waals surface area contributed by atoms with Gasteiger partial charge in [-0.3, -0.25) is 14.4 Å². The van der Waals surface area contributed by atoms with Gasteiger partial charge in [-0.05, 0) is 59.2 Å². The quantitative estimate of drug-likeness (QED) is 0.151. The van der Waals surface area contributed by atoms with Gasteiger partial charge in [-0.25, -0.2) is 0 Å². The summed E-state index contributed by atoms with van der Waals surface area (Å²) < 4.78 is 16.0. The topological polar surface area (TPSA) is 85.4 Å². The summed E-state index contributed by atoms with van der Waals surface area (Å²) in [4.78, 5) is 41.2. The Hall–Kier alpha value is -5.11. The van der Waals surface area contributed by atoms with Crippen molar-refractivity contribution in [3.8, 4) is 17.2 Å². The van der Waals surface area contributed by atoms with Crippen molar-refractivity contribution in [2.45, 2.75) is 19.8 Å². The summed E-state index contributed by atoms with van der Waals surface area (Å²) in [5, 5.41) is 0. The highest BCUT2D eigenvalue weighted by atomic mass is 16.5. The van der Waals surface area contributed by atoms with Crippen LogP contribution in [0.15, 0.2) is 97.1 Å². The largest absolute Gasteiger partial charge is 0.495 e. The van der Waals surface area contributed by atoms with Crippen LogP contribution in [-0.4, -0.2) is 56.0 Å². The van der Waals surface area contributed by atoms with E-state index in [4.69, 9.17) is 14.2 Å². The van der Waals surface area contributed by atoms with Crippen molar-refractivity contribution in [2.75, 3.05) is 38.2 Å². The first-order valence-corrected chi connectivity index (χ1v) is 14.2. The molecule has 0 atom stereocenters. The molecule has 8 heteroatoms. The average Bonchev–Trinajstić information content (AvgIpc) is 3.02. The third kappa shape index (κ3) is 6.86. The number of piperazine rings is 1. The number of esters is 2. The summed E-state index contributed by atoms with van der Waals surface area (Å²) in [7, 11) is 1.67. The Morgan fingerprint density at radius 3 is 1.70 bits per heavy atom. The minimum absolute atomic E-state index is 0.0339. The van der Waals surface area contributed by atoms with Gasteiger partial charge in [-0.15, -0.1) is 0 Å². The third-order valence-corrected chi connectivity index (χ3v) is 7.44. The second-order valence-electron chi connectivity index (χ2n) is 10.3. The Bertz CT molecular complexity index is 1530. The Labute approximate surface area is 251 Å². The van der Waals surface area contributed by atoms with Gasteiger partial charge in [0.25, 0.3) is 5.91 Å². The first-order valence-electron chi connectivity index (χ1n) is 14.2. The molecule has 1 aliphatic rings. The van der Waals surface area contributed by atoms with Gasteiger partial charge in [0, 0.05) is 51.5 Å². The Kier molecular flexibility index (Phi) is 9.05. The molecule has 0 bridgehead atoms.